The second-order valence-electron chi connectivity index (χ2n) is 4.24. The van der Waals surface area contributed by atoms with Crippen LogP contribution in [0.25, 0.3) is 0 Å². The van der Waals surface area contributed by atoms with Crippen LogP contribution in [0, 0.1) is 5.82 Å². The number of hydrogen-bond donors (Lipinski definition) is 1. The molecule has 0 atom stereocenters. The van der Waals surface area contributed by atoms with Crippen LogP contribution in [0.4, 0.5) is 8.78 Å². The SMILES string of the molecule is NC1CC(F)(Cc2ccc(Cl)c(F)c2)C1. The Bertz CT molecular complexity index is 375. The minimum absolute atomic E-state index is 0.0489. The lowest BCUT2D eigenvalue weighted by Gasteiger charge is -2.39. The molecule has 2 rings (SSSR count). The van der Waals surface area contributed by atoms with E-state index in [-0.39, 0.29) is 17.5 Å². The normalized spacial score (nSPS) is 30.0. The summed E-state index contributed by atoms with van der Waals surface area (Å²) in [5.41, 5.74) is 4.91. The Morgan fingerprint density at radius 3 is 2.67 bits per heavy atom. The summed E-state index contributed by atoms with van der Waals surface area (Å²) >= 11 is 5.53. The van der Waals surface area contributed by atoms with Gasteiger partial charge in [0.25, 0.3) is 0 Å². The van der Waals surface area contributed by atoms with Gasteiger partial charge < -0.3 is 5.73 Å². The summed E-state index contributed by atoms with van der Waals surface area (Å²) < 4.78 is 26.9. The average molecular weight is 232 g/mol. The molecular weight excluding hydrogens is 220 g/mol. The number of benzene rings is 1. The number of halogens is 3. The van der Waals surface area contributed by atoms with Gasteiger partial charge in [-0.05, 0) is 30.5 Å². The first-order valence-electron chi connectivity index (χ1n) is 4.87. The van der Waals surface area contributed by atoms with Gasteiger partial charge in [-0.25, -0.2) is 8.78 Å². The Morgan fingerprint density at radius 2 is 2.13 bits per heavy atom. The van der Waals surface area contributed by atoms with Gasteiger partial charge in [-0.3, -0.25) is 0 Å². The first kappa shape index (κ1) is 10.8. The second kappa shape index (κ2) is 3.72. The Hall–Kier alpha value is -0.670. The maximum Gasteiger partial charge on any atom is 0.142 e. The molecule has 1 aliphatic carbocycles. The van der Waals surface area contributed by atoms with Crippen LogP contribution in [0.1, 0.15) is 18.4 Å². The zero-order valence-electron chi connectivity index (χ0n) is 8.14. The zero-order chi connectivity index (χ0) is 11.1. The maximum atomic E-state index is 13.8. The molecule has 0 aliphatic heterocycles. The van der Waals surface area contributed by atoms with E-state index in [4.69, 9.17) is 17.3 Å². The van der Waals surface area contributed by atoms with Crippen LogP contribution >= 0.6 is 11.6 Å². The number of hydrogen-bond acceptors (Lipinski definition) is 1. The van der Waals surface area contributed by atoms with E-state index in [0.717, 1.165) is 0 Å². The summed E-state index contributed by atoms with van der Waals surface area (Å²) in [5.74, 6) is -0.499. The molecule has 0 unspecified atom stereocenters. The molecular formula is C11H12ClF2N. The summed E-state index contributed by atoms with van der Waals surface area (Å²) in [5, 5.41) is 0.0666. The molecule has 0 bridgehead atoms. The second-order valence-corrected chi connectivity index (χ2v) is 4.65. The first-order chi connectivity index (χ1) is 6.98. The van der Waals surface area contributed by atoms with Gasteiger partial charge in [-0.1, -0.05) is 17.7 Å². The highest BCUT2D eigenvalue weighted by Gasteiger charge is 2.42. The van der Waals surface area contributed by atoms with E-state index in [2.05, 4.69) is 0 Å². The van der Waals surface area contributed by atoms with Gasteiger partial charge in [-0.2, -0.15) is 0 Å². The predicted octanol–water partition coefficient (Wildman–Crippen LogP) is 2.85. The quantitative estimate of drug-likeness (QED) is 0.832. The van der Waals surface area contributed by atoms with Crippen molar-refractivity contribution in [2.24, 2.45) is 5.73 Å². The van der Waals surface area contributed by atoms with Gasteiger partial charge in [0.1, 0.15) is 11.5 Å². The molecule has 4 heteroatoms. The van der Waals surface area contributed by atoms with Crippen molar-refractivity contribution in [3.63, 3.8) is 0 Å². The fourth-order valence-corrected chi connectivity index (χ4v) is 2.16. The van der Waals surface area contributed by atoms with Gasteiger partial charge in [0.15, 0.2) is 0 Å². The first-order valence-corrected chi connectivity index (χ1v) is 5.25. The van der Waals surface area contributed by atoms with Crippen LogP contribution in [-0.2, 0) is 6.42 Å². The Kier molecular flexibility index (Phi) is 2.69. The zero-order valence-corrected chi connectivity index (χ0v) is 8.90. The van der Waals surface area contributed by atoms with Gasteiger partial charge in [0.05, 0.1) is 5.02 Å². The monoisotopic (exact) mass is 231 g/mol. The van der Waals surface area contributed by atoms with Crippen molar-refractivity contribution in [3.8, 4) is 0 Å². The van der Waals surface area contributed by atoms with E-state index < -0.39 is 11.5 Å². The van der Waals surface area contributed by atoms with Crippen LogP contribution < -0.4 is 5.73 Å². The Balaban J connectivity index is 2.08. The molecule has 1 aromatic rings. The molecule has 1 aliphatic rings. The average Bonchev–Trinajstić information content (AvgIpc) is 2.09. The van der Waals surface area contributed by atoms with E-state index in [0.29, 0.717) is 18.4 Å². The van der Waals surface area contributed by atoms with Crippen LogP contribution in [0.3, 0.4) is 0 Å². The molecule has 0 aromatic heterocycles. The predicted molar refractivity (Wildman–Crippen MR) is 56.2 cm³/mol. The third-order valence-electron chi connectivity index (χ3n) is 2.76. The largest absolute Gasteiger partial charge is 0.327 e. The molecule has 0 radical (unpaired) electrons. The molecule has 82 valence electrons. The highest BCUT2D eigenvalue weighted by atomic mass is 35.5. The minimum atomic E-state index is -1.25. The highest BCUT2D eigenvalue weighted by Crippen LogP contribution is 2.38. The van der Waals surface area contributed by atoms with Crippen molar-refractivity contribution in [1.82, 2.24) is 0 Å². The lowest BCUT2D eigenvalue weighted by Crippen LogP contribution is -2.49. The molecule has 2 N–H and O–H groups in total. The van der Waals surface area contributed by atoms with Gasteiger partial charge in [0.2, 0.25) is 0 Å². The lowest BCUT2D eigenvalue weighted by molar-refractivity contribution is 0.0444. The summed E-state index contributed by atoms with van der Waals surface area (Å²) in [6.07, 6.45) is 0.934. The lowest BCUT2D eigenvalue weighted by atomic mass is 9.74. The standard InChI is InChI=1S/C11H12ClF2N/c12-9-2-1-7(3-10(9)13)4-11(14)5-8(15)6-11/h1-3,8H,4-6,15H2. The van der Waals surface area contributed by atoms with E-state index in [1.165, 1.54) is 12.1 Å². The fraction of sp³-hybridized carbons (Fsp3) is 0.455. The highest BCUT2D eigenvalue weighted by molar-refractivity contribution is 6.30. The maximum absolute atomic E-state index is 13.8. The molecule has 0 heterocycles. The minimum Gasteiger partial charge on any atom is -0.327 e. The number of alkyl halides is 1. The van der Waals surface area contributed by atoms with Gasteiger partial charge in [-0.15, -0.1) is 0 Å². The number of rotatable bonds is 2. The summed E-state index contributed by atoms with van der Waals surface area (Å²) in [7, 11) is 0. The summed E-state index contributed by atoms with van der Waals surface area (Å²) in [4.78, 5) is 0. The third kappa shape index (κ3) is 2.29. The molecule has 1 saturated carbocycles. The Morgan fingerprint density at radius 1 is 1.47 bits per heavy atom. The molecule has 1 aromatic carbocycles. The smallest absolute Gasteiger partial charge is 0.142 e. The van der Waals surface area contributed by atoms with E-state index in [1.807, 2.05) is 0 Å². The molecule has 0 saturated heterocycles. The number of nitrogens with two attached hydrogens (primary N) is 1. The topological polar surface area (TPSA) is 26.0 Å². The van der Waals surface area contributed by atoms with E-state index in [1.54, 1.807) is 6.07 Å². The Labute approximate surface area is 92.2 Å². The summed E-state index contributed by atoms with van der Waals surface area (Å²) in [6, 6.07) is 4.34. The van der Waals surface area contributed by atoms with E-state index >= 15 is 0 Å². The molecule has 0 spiro atoms. The van der Waals surface area contributed by atoms with Crippen LogP contribution in [0.2, 0.25) is 5.02 Å². The third-order valence-corrected chi connectivity index (χ3v) is 3.07. The van der Waals surface area contributed by atoms with Crippen LogP contribution in [-0.4, -0.2) is 11.7 Å². The van der Waals surface area contributed by atoms with Crippen molar-refractivity contribution in [2.45, 2.75) is 31.0 Å². The molecule has 15 heavy (non-hydrogen) atoms. The van der Waals surface area contributed by atoms with Gasteiger partial charge >= 0.3 is 0 Å². The molecule has 1 nitrogen and oxygen atoms in total. The van der Waals surface area contributed by atoms with Crippen molar-refractivity contribution >= 4 is 11.6 Å². The molecule has 0 amide bonds. The fourth-order valence-electron chi connectivity index (χ4n) is 2.04. The molecule has 1 fully saturated rings. The summed E-state index contributed by atoms with van der Waals surface area (Å²) in [6.45, 7) is 0. The van der Waals surface area contributed by atoms with Gasteiger partial charge in [0, 0.05) is 12.5 Å². The van der Waals surface area contributed by atoms with Crippen LogP contribution in [0.5, 0.6) is 0 Å². The van der Waals surface area contributed by atoms with E-state index in [9.17, 15) is 8.78 Å². The van der Waals surface area contributed by atoms with Crippen molar-refractivity contribution < 1.29 is 8.78 Å². The van der Waals surface area contributed by atoms with Crippen molar-refractivity contribution in [2.75, 3.05) is 0 Å². The van der Waals surface area contributed by atoms with Crippen molar-refractivity contribution in [3.05, 3.63) is 34.6 Å². The van der Waals surface area contributed by atoms with Crippen LogP contribution in [0.15, 0.2) is 18.2 Å². The van der Waals surface area contributed by atoms with Crippen molar-refractivity contribution in [1.29, 1.82) is 0 Å².